The molecule has 3 nitrogen and oxygen atoms in total. The molecular formula is C18H21O3P. The van der Waals surface area contributed by atoms with Gasteiger partial charge in [-0.05, 0) is 61.5 Å². The molecule has 2 aromatic rings. The molecule has 2 rings (SSSR count). The summed E-state index contributed by atoms with van der Waals surface area (Å²) in [7, 11) is 0.350. The first kappa shape index (κ1) is 16.7. The zero-order valence-corrected chi connectivity index (χ0v) is 14.2. The molecule has 0 fully saturated rings. The van der Waals surface area contributed by atoms with E-state index >= 15 is 0 Å². The number of carbonyl (C=O) groups excluding carboxylic acids is 1. The molecule has 116 valence electrons. The zero-order chi connectivity index (χ0) is 15.9. The monoisotopic (exact) mass is 316 g/mol. The van der Waals surface area contributed by atoms with Crippen LogP contribution in [0.4, 0.5) is 0 Å². The lowest BCUT2D eigenvalue weighted by Gasteiger charge is -2.10. The van der Waals surface area contributed by atoms with Gasteiger partial charge in [0.2, 0.25) is 5.78 Å². The van der Waals surface area contributed by atoms with E-state index in [0.29, 0.717) is 21.2 Å². The van der Waals surface area contributed by atoms with E-state index in [1.54, 1.807) is 0 Å². The Morgan fingerprint density at radius 3 is 2.27 bits per heavy atom. The number of hydrogen-bond acceptors (Lipinski definition) is 3. The first-order valence-electron chi connectivity index (χ1n) is 7.32. The van der Waals surface area contributed by atoms with E-state index in [-0.39, 0.29) is 12.4 Å². The molecule has 4 heteroatoms. The molecule has 0 heterocycles. The molecule has 0 N–H and O–H groups in total. The molecule has 1 unspecified atom stereocenters. The van der Waals surface area contributed by atoms with Crippen molar-refractivity contribution in [3.8, 4) is 5.75 Å². The Kier molecular flexibility index (Phi) is 6.11. The van der Waals surface area contributed by atoms with E-state index in [9.17, 15) is 4.79 Å². The highest BCUT2D eigenvalue weighted by Gasteiger charge is 2.12. The van der Waals surface area contributed by atoms with Crippen LogP contribution >= 0.6 is 8.81 Å². The lowest BCUT2D eigenvalue weighted by Crippen LogP contribution is -2.14. The first-order valence-corrected chi connectivity index (χ1v) is 8.22. The van der Waals surface area contributed by atoms with Crippen LogP contribution in [0.1, 0.15) is 28.4 Å². The molecule has 0 radical (unpaired) electrons. The van der Waals surface area contributed by atoms with Crippen molar-refractivity contribution in [1.82, 2.24) is 0 Å². The van der Waals surface area contributed by atoms with Crippen LogP contribution < -0.4 is 10.0 Å². The fourth-order valence-electron chi connectivity index (χ4n) is 2.25. The molecule has 0 bridgehead atoms. The molecule has 0 spiro atoms. The molecule has 0 saturated heterocycles. The third-order valence-electron chi connectivity index (χ3n) is 3.32. The summed E-state index contributed by atoms with van der Waals surface area (Å²) in [5.41, 5.74) is 2.74. The highest BCUT2D eigenvalue weighted by atomic mass is 31.1. The fraction of sp³-hybridized carbons (Fsp3) is 0.278. The number of rotatable bonds is 7. The van der Waals surface area contributed by atoms with Gasteiger partial charge < -0.3 is 9.26 Å². The maximum Gasteiger partial charge on any atom is 0.200 e. The van der Waals surface area contributed by atoms with Crippen molar-refractivity contribution in [3.05, 3.63) is 59.2 Å². The van der Waals surface area contributed by atoms with Gasteiger partial charge >= 0.3 is 0 Å². The molecule has 22 heavy (non-hydrogen) atoms. The van der Waals surface area contributed by atoms with Gasteiger partial charge in [0.25, 0.3) is 0 Å². The van der Waals surface area contributed by atoms with Gasteiger partial charge in [0.05, 0.1) is 0 Å². The third-order valence-corrected chi connectivity index (χ3v) is 4.32. The lowest BCUT2D eigenvalue weighted by atomic mass is 10.00. The number of hydrogen-bond donors (Lipinski definition) is 0. The second-order valence-corrected chi connectivity index (χ2v) is 6.11. The number of carbonyl (C=O) groups is 1. The van der Waals surface area contributed by atoms with Crippen molar-refractivity contribution < 1.29 is 14.1 Å². The van der Waals surface area contributed by atoms with Crippen molar-refractivity contribution in [2.75, 3.05) is 13.2 Å². The Morgan fingerprint density at radius 1 is 1.05 bits per heavy atom. The molecule has 2 aromatic carbocycles. The number of benzene rings is 2. The third kappa shape index (κ3) is 4.40. The number of aryl methyl sites for hydroxylation is 2. The summed E-state index contributed by atoms with van der Waals surface area (Å²) in [6.45, 7) is 6.64. The van der Waals surface area contributed by atoms with E-state index in [0.717, 1.165) is 22.0 Å². The number of ketones is 1. The lowest BCUT2D eigenvalue weighted by molar-refractivity contribution is 0.0920. The summed E-state index contributed by atoms with van der Waals surface area (Å²) in [4.78, 5) is 12.3. The van der Waals surface area contributed by atoms with Crippen LogP contribution in [0.3, 0.4) is 0 Å². The average Bonchev–Trinajstić information content (AvgIpc) is 2.51. The van der Waals surface area contributed by atoms with E-state index in [4.69, 9.17) is 9.26 Å². The van der Waals surface area contributed by atoms with Crippen LogP contribution in [-0.4, -0.2) is 19.0 Å². The van der Waals surface area contributed by atoms with Crippen LogP contribution in [0.2, 0.25) is 0 Å². The quantitative estimate of drug-likeness (QED) is 0.575. The van der Waals surface area contributed by atoms with Gasteiger partial charge in [-0.1, -0.05) is 18.2 Å². The summed E-state index contributed by atoms with van der Waals surface area (Å²) in [6, 6.07) is 13.5. The second kappa shape index (κ2) is 8.07. The molecule has 1 atom stereocenters. The van der Waals surface area contributed by atoms with Crippen molar-refractivity contribution in [1.29, 1.82) is 0 Å². The standard InChI is InChI=1S/C18H21O3P/c1-4-21-22-16-10-8-15(9-11-16)20-12-17(19)18-13(2)6-5-7-14(18)3/h5-11,22H,4,12H2,1-3H3. The smallest absolute Gasteiger partial charge is 0.200 e. The SMILES string of the molecule is CCOPc1ccc(OCC(=O)c2c(C)cccc2C)cc1. The predicted molar refractivity (Wildman–Crippen MR) is 91.8 cm³/mol. The first-order chi connectivity index (χ1) is 10.6. The van der Waals surface area contributed by atoms with Gasteiger partial charge in [0, 0.05) is 21.0 Å². The maximum absolute atomic E-state index is 12.3. The minimum Gasteiger partial charge on any atom is -0.485 e. The van der Waals surface area contributed by atoms with Crippen molar-refractivity contribution in [2.24, 2.45) is 0 Å². The summed E-state index contributed by atoms with van der Waals surface area (Å²) in [5.74, 6) is 0.709. The Morgan fingerprint density at radius 2 is 1.68 bits per heavy atom. The Labute approximate surface area is 133 Å². The van der Waals surface area contributed by atoms with Gasteiger partial charge in [-0.15, -0.1) is 0 Å². The van der Waals surface area contributed by atoms with Crippen LogP contribution in [0.5, 0.6) is 5.75 Å². The number of Topliss-reactive ketones (excluding diaryl/α,β-unsaturated/α-hetero) is 1. The molecular weight excluding hydrogens is 295 g/mol. The molecule has 0 aliphatic heterocycles. The summed E-state index contributed by atoms with van der Waals surface area (Å²) in [5, 5.41) is 1.12. The van der Waals surface area contributed by atoms with Crippen LogP contribution in [0, 0.1) is 13.8 Å². The zero-order valence-electron chi connectivity index (χ0n) is 13.2. The molecule has 0 aliphatic carbocycles. The highest BCUT2D eigenvalue weighted by molar-refractivity contribution is 7.41. The van der Waals surface area contributed by atoms with Gasteiger partial charge in [-0.2, -0.15) is 0 Å². The maximum atomic E-state index is 12.3. The van der Waals surface area contributed by atoms with Crippen molar-refractivity contribution >= 4 is 19.9 Å². The van der Waals surface area contributed by atoms with Gasteiger partial charge in [0.1, 0.15) is 5.75 Å². The average molecular weight is 316 g/mol. The van der Waals surface area contributed by atoms with Gasteiger partial charge in [-0.3, -0.25) is 4.79 Å². The van der Waals surface area contributed by atoms with Crippen molar-refractivity contribution in [2.45, 2.75) is 20.8 Å². The van der Waals surface area contributed by atoms with E-state index in [2.05, 4.69) is 0 Å². The Bertz CT molecular complexity index is 615. The fourth-order valence-corrected chi connectivity index (χ4v) is 2.86. The highest BCUT2D eigenvalue weighted by Crippen LogP contribution is 2.17. The minimum absolute atomic E-state index is 0.0101. The van der Waals surface area contributed by atoms with Crippen LogP contribution in [0.25, 0.3) is 0 Å². The van der Waals surface area contributed by atoms with E-state index in [1.165, 1.54) is 0 Å². The van der Waals surface area contributed by atoms with Gasteiger partial charge in [-0.25, -0.2) is 0 Å². The topological polar surface area (TPSA) is 35.5 Å². The van der Waals surface area contributed by atoms with Crippen molar-refractivity contribution in [3.63, 3.8) is 0 Å². The molecule has 0 saturated carbocycles. The molecule has 0 aliphatic rings. The number of ether oxygens (including phenoxy) is 1. The minimum atomic E-state index is 0.0101. The van der Waals surface area contributed by atoms with Crippen LogP contribution in [-0.2, 0) is 4.52 Å². The van der Waals surface area contributed by atoms with Crippen LogP contribution in [0.15, 0.2) is 42.5 Å². The van der Waals surface area contributed by atoms with E-state index < -0.39 is 0 Å². The largest absolute Gasteiger partial charge is 0.485 e. The predicted octanol–water partition coefficient (Wildman–Crippen LogP) is 3.82. The second-order valence-electron chi connectivity index (χ2n) is 5.04. The Hall–Kier alpha value is -1.70. The normalized spacial score (nSPS) is 11.0. The Balaban J connectivity index is 1.96. The molecule has 0 amide bonds. The summed E-state index contributed by atoms with van der Waals surface area (Å²) < 4.78 is 11.0. The molecule has 0 aromatic heterocycles. The van der Waals surface area contributed by atoms with Gasteiger partial charge in [0.15, 0.2) is 6.61 Å². The van der Waals surface area contributed by atoms with E-state index in [1.807, 2.05) is 63.2 Å². The summed E-state index contributed by atoms with van der Waals surface area (Å²) in [6.07, 6.45) is 0. The summed E-state index contributed by atoms with van der Waals surface area (Å²) >= 11 is 0.